The smallest absolute Gasteiger partial charge is 0.262 e. The van der Waals surface area contributed by atoms with E-state index in [0.29, 0.717) is 37.4 Å². The monoisotopic (exact) mass is 443 g/mol. The van der Waals surface area contributed by atoms with Crippen LogP contribution in [0.4, 0.5) is 8.78 Å². The second-order valence-electron chi connectivity index (χ2n) is 9.37. The van der Waals surface area contributed by atoms with Gasteiger partial charge in [0.1, 0.15) is 0 Å². The molecule has 1 atom stereocenters. The number of halogens is 2. The number of rotatable bonds is 5. The lowest BCUT2D eigenvalue weighted by atomic mass is 10.0. The first-order chi connectivity index (χ1) is 13.8. The largest absolute Gasteiger partial charge is 0.308 e. The maximum atomic E-state index is 14.1. The first-order valence-corrected chi connectivity index (χ1v) is 12.1. The van der Waals surface area contributed by atoms with E-state index < -0.39 is 15.9 Å². The van der Waals surface area contributed by atoms with Crippen LogP contribution in [-0.4, -0.2) is 80.8 Å². The summed E-state index contributed by atoms with van der Waals surface area (Å²) >= 11 is 0. The van der Waals surface area contributed by atoms with Crippen molar-refractivity contribution in [1.82, 2.24) is 14.1 Å². The SMILES string of the molecule is Cc1cc(C)c(C)c(S(=O)(=O)N2CCC(N3CC(F)(F)C[C@H]3CN(C)C)CC2)c1C. The van der Waals surface area contributed by atoms with Crippen molar-refractivity contribution in [3.8, 4) is 0 Å². The van der Waals surface area contributed by atoms with Crippen molar-refractivity contribution in [2.24, 2.45) is 0 Å². The molecule has 0 amide bonds. The summed E-state index contributed by atoms with van der Waals surface area (Å²) in [7, 11) is 0.190. The molecule has 0 radical (unpaired) electrons. The fourth-order valence-corrected chi connectivity index (χ4v) is 7.10. The molecule has 0 aromatic heterocycles. The van der Waals surface area contributed by atoms with Gasteiger partial charge < -0.3 is 4.90 Å². The van der Waals surface area contributed by atoms with Gasteiger partial charge in [-0.15, -0.1) is 0 Å². The van der Waals surface area contributed by atoms with Crippen LogP contribution in [0.1, 0.15) is 41.5 Å². The molecule has 0 aliphatic carbocycles. The van der Waals surface area contributed by atoms with E-state index in [1.807, 2.05) is 57.7 Å². The molecule has 170 valence electrons. The van der Waals surface area contributed by atoms with Crippen LogP contribution in [0, 0.1) is 27.7 Å². The van der Waals surface area contributed by atoms with Crippen LogP contribution in [-0.2, 0) is 10.0 Å². The second kappa shape index (κ2) is 8.45. The zero-order chi connectivity index (χ0) is 22.4. The molecule has 3 rings (SSSR count). The van der Waals surface area contributed by atoms with E-state index in [-0.39, 0.29) is 25.0 Å². The fourth-order valence-electron chi connectivity index (χ4n) is 5.05. The Balaban J connectivity index is 1.77. The van der Waals surface area contributed by atoms with Crippen molar-refractivity contribution in [1.29, 1.82) is 0 Å². The molecule has 0 unspecified atom stereocenters. The molecule has 0 bridgehead atoms. The number of nitrogens with zero attached hydrogens (tertiary/aromatic N) is 3. The van der Waals surface area contributed by atoms with Crippen LogP contribution in [0.5, 0.6) is 0 Å². The molecule has 5 nitrogen and oxygen atoms in total. The van der Waals surface area contributed by atoms with Crippen molar-refractivity contribution >= 4 is 10.0 Å². The zero-order valence-corrected chi connectivity index (χ0v) is 19.8. The normalized spacial score (nSPS) is 24.1. The number of likely N-dealkylation sites (tertiary alicyclic amines) is 1. The van der Waals surface area contributed by atoms with Crippen molar-refractivity contribution < 1.29 is 17.2 Å². The van der Waals surface area contributed by atoms with Gasteiger partial charge in [-0.3, -0.25) is 4.90 Å². The molecule has 1 aromatic carbocycles. The number of benzene rings is 1. The average molecular weight is 444 g/mol. The van der Waals surface area contributed by atoms with Gasteiger partial charge in [-0.25, -0.2) is 17.2 Å². The van der Waals surface area contributed by atoms with E-state index in [0.717, 1.165) is 22.3 Å². The minimum atomic E-state index is -3.61. The number of aryl methyl sites for hydroxylation is 2. The number of hydrogen-bond acceptors (Lipinski definition) is 4. The molecule has 0 saturated carbocycles. The highest BCUT2D eigenvalue weighted by Gasteiger charge is 2.48. The number of piperidine rings is 1. The van der Waals surface area contributed by atoms with E-state index in [1.54, 1.807) is 4.31 Å². The molecule has 2 aliphatic heterocycles. The van der Waals surface area contributed by atoms with Crippen molar-refractivity contribution in [2.45, 2.75) is 69.9 Å². The zero-order valence-electron chi connectivity index (χ0n) is 19.0. The Morgan fingerprint density at radius 3 is 2.10 bits per heavy atom. The van der Waals surface area contributed by atoms with Crippen LogP contribution in [0.2, 0.25) is 0 Å². The first-order valence-electron chi connectivity index (χ1n) is 10.7. The molecule has 1 aromatic rings. The van der Waals surface area contributed by atoms with Gasteiger partial charge in [0.25, 0.3) is 5.92 Å². The maximum Gasteiger partial charge on any atom is 0.262 e. The van der Waals surface area contributed by atoms with Crippen LogP contribution in [0.3, 0.4) is 0 Å². The van der Waals surface area contributed by atoms with Gasteiger partial charge in [0.05, 0.1) is 11.4 Å². The molecule has 2 heterocycles. The summed E-state index contributed by atoms with van der Waals surface area (Å²) in [5, 5.41) is 0. The highest BCUT2D eigenvalue weighted by Crippen LogP contribution is 2.37. The van der Waals surface area contributed by atoms with Crippen LogP contribution in [0.25, 0.3) is 0 Å². The lowest BCUT2D eigenvalue weighted by molar-refractivity contribution is 0.00468. The lowest BCUT2D eigenvalue weighted by Crippen LogP contribution is -2.50. The van der Waals surface area contributed by atoms with Crippen LogP contribution >= 0.6 is 0 Å². The first kappa shape index (κ1) is 23.6. The summed E-state index contributed by atoms with van der Waals surface area (Å²) < 4.78 is 56.7. The third kappa shape index (κ3) is 4.56. The van der Waals surface area contributed by atoms with Gasteiger partial charge in [-0.05, 0) is 76.9 Å². The Morgan fingerprint density at radius 2 is 1.60 bits per heavy atom. The summed E-state index contributed by atoms with van der Waals surface area (Å²) in [4.78, 5) is 4.29. The van der Waals surface area contributed by atoms with Gasteiger partial charge in [-0.1, -0.05) is 6.07 Å². The van der Waals surface area contributed by atoms with E-state index in [9.17, 15) is 17.2 Å². The van der Waals surface area contributed by atoms with E-state index >= 15 is 0 Å². The van der Waals surface area contributed by atoms with Crippen molar-refractivity contribution in [3.63, 3.8) is 0 Å². The third-order valence-corrected chi connectivity index (χ3v) is 8.95. The molecule has 2 aliphatic rings. The predicted octanol–water partition coefficient (Wildman–Crippen LogP) is 3.34. The van der Waals surface area contributed by atoms with Crippen molar-refractivity contribution in [3.05, 3.63) is 28.3 Å². The summed E-state index contributed by atoms with van der Waals surface area (Å²) in [6.45, 7) is 8.70. The molecular weight excluding hydrogens is 408 g/mol. The van der Waals surface area contributed by atoms with Gasteiger partial charge in [0, 0.05) is 38.1 Å². The Labute approximate surface area is 180 Å². The number of hydrogen-bond donors (Lipinski definition) is 0. The number of alkyl halides is 2. The minimum absolute atomic E-state index is 0.00351. The molecule has 0 spiro atoms. The Morgan fingerprint density at radius 1 is 1.07 bits per heavy atom. The predicted molar refractivity (Wildman–Crippen MR) is 116 cm³/mol. The van der Waals surface area contributed by atoms with E-state index in [1.165, 1.54) is 0 Å². The molecule has 30 heavy (non-hydrogen) atoms. The Bertz CT molecular complexity index is 868. The lowest BCUT2D eigenvalue weighted by Gasteiger charge is -2.39. The van der Waals surface area contributed by atoms with Crippen LogP contribution in [0.15, 0.2) is 11.0 Å². The van der Waals surface area contributed by atoms with Crippen molar-refractivity contribution in [2.75, 3.05) is 40.3 Å². The number of likely N-dealkylation sites (N-methyl/N-ethyl adjacent to an activating group) is 1. The second-order valence-corrected chi connectivity index (χ2v) is 11.2. The van der Waals surface area contributed by atoms with Crippen LogP contribution < -0.4 is 0 Å². The molecule has 0 N–H and O–H groups in total. The topological polar surface area (TPSA) is 43.9 Å². The average Bonchev–Trinajstić information content (AvgIpc) is 2.93. The van der Waals surface area contributed by atoms with Gasteiger partial charge in [0.15, 0.2) is 0 Å². The van der Waals surface area contributed by atoms with E-state index in [4.69, 9.17) is 0 Å². The molecule has 8 heteroatoms. The minimum Gasteiger partial charge on any atom is -0.308 e. The molecular formula is C22H35F2N3O2S. The summed E-state index contributed by atoms with van der Waals surface area (Å²) in [6.07, 6.45) is 1.05. The molecule has 2 saturated heterocycles. The molecule has 2 fully saturated rings. The number of sulfonamides is 1. The summed E-state index contributed by atoms with van der Waals surface area (Å²) in [5.41, 5.74) is 3.53. The fraction of sp³-hybridized carbons (Fsp3) is 0.727. The van der Waals surface area contributed by atoms with Gasteiger partial charge in [0.2, 0.25) is 10.0 Å². The Kier molecular flexibility index (Phi) is 6.64. The Hall–Kier alpha value is -1.09. The van der Waals surface area contributed by atoms with Gasteiger partial charge >= 0.3 is 0 Å². The van der Waals surface area contributed by atoms with Gasteiger partial charge in [-0.2, -0.15) is 4.31 Å². The quantitative estimate of drug-likeness (QED) is 0.700. The highest BCUT2D eigenvalue weighted by molar-refractivity contribution is 7.89. The summed E-state index contributed by atoms with van der Waals surface area (Å²) in [5.74, 6) is -2.67. The third-order valence-electron chi connectivity index (χ3n) is 6.78. The summed E-state index contributed by atoms with van der Waals surface area (Å²) in [6, 6.07) is 1.83. The maximum absolute atomic E-state index is 14.1. The van der Waals surface area contributed by atoms with E-state index in [2.05, 4.69) is 0 Å². The standard InChI is InChI=1S/C22H35F2N3O2S/c1-15-11-16(2)18(4)21(17(15)3)30(28,29)26-9-7-19(8-10-26)27-14-22(23,24)12-20(27)13-25(5)6/h11,19-20H,7-10,12-14H2,1-6H3/t20-/m0/s1. The highest BCUT2D eigenvalue weighted by atomic mass is 32.2.